The van der Waals surface area contributed by atoms with Gasteiger partial charge in [0.1, 0.15) is 17.2 Å². The first-order valence-electron chi connectivity index (χ1n) is 11.8. The molecule has 176 valence electrons. The SMILES string of the molecule is CCNC(=O)c1cnc2c(c1)nc(-c1ccc(N3[C@@H](C)CC[C@@H]3C)nc1)n2Cc1ccn(C)n1. The minimum atomic E-state index is -0.155. The molecule has 2 atom stereocenters. The molecule has 4 aromatic rings. The van der Waals surface area contributed by atoms with E-state index in [2.05, 4.69) is 46.3 Å². The van der Waals surface area contributed by atoms with Crippen molar-refractivity contribution in [2.45, 2.75) is 52.2 Å². The van der Waals surface area contributed by atoms with Crippen LogP contribution in [-0.2, 0) is 13.6 Å². The van der Waals surface area contributed by atoms with Crippen molar-refractivity contribution in [3.63, 3.8) is 0 Å². The van der Waals surface area contributed by atoms with E-state index in [4.69, 9.17) is 9.97 Å². The Kier molecular flexibility index (Phi) is 5.77. The summed E-state index contributed by atoms with van der Waals surface area (Å²) in [7, 11) is 1.90. The number of hydrogen-bond acceptors (Lipinski definition) is 6. The van der Waals surface area contributed by atoms with Crippen molar-refractivity contribution >= 4 is 22.9 Å². The number of aromatic nitrogens is 6. The standard InChI is InChI=1S/C25H30N8O/c1-5-26-25(34)19-12-21-24(28-14-19)32(15-20-10-11-31(4)30-20)23(29-21)18-8-9-22(27-13-18)33-16(2)6-7-17(33)3/h8-14,16-17H,5-7,15H2,1-4H3,(H,26,34)/t16-,17-/m0/s1. The lowest BCUT2D eigenvalue weighted by Crippen LogP contribution is -2.33. The van der Waals surface area contributed by atoms with E-state index in [0.717, 1.165) is 22.9 Å². The second kappa shape index (κ2) is 8.89. The van der Waals surface area contributed by atoms with E-state index in [1.54, 1.807) is 16.9 Å². The minimum absolute atomic E-state index is 0.155. The molecule has 1 aliphatic rings. The van der Waals surface area contributed by atoms with Gasteiger partial charge in [-0.25, -0.2) is 15.0 Å². The summed E-state index contributed by atoms with van der Waals surface area (Å²) in [6.45, 7) is 7.47. The smallest absolute Gasteiger partial charge is 0.252 e. The summed E-state index contributed by atoms with van der Waals surface area (Å²) >= 11 is 0. The molecule has 1 aliphatic heterocycles. The summed E-state index contributed by atoms with van der Waals surface area (Å²) in [5, 5.41) is 7.36. The number of amides is 1. The van der Waals surface area contributed by atoms with Crippen molar-refractivity contribution in [2.24, 2.45) is 7.05 Å². The maximum absolute atomic E-state index is 12.3. The Morgan fingerprint density at radius 3 is 2.56 bits per heavy atom. The third-order valence-corrected chi connectivity index (χ3v) is 6.50. The molecule has 1 amide bonds. The van der Waals surface area contributed by atoms with Crippen LogP contribution in [0.15, 0.2) is 42.9 Å². The summed E-state index contributed by atoms with van der Waals surface area (Å²) in [5.74, 6) is 1.59. The molecule has 0 saturated carbocycles. The minimum Gasteiger partial charge on any atom is -0.352 e. The van der Waals surface area contributed by atoms with Gasteiger partial charge < -0.3 is 14.8 Å². The van der Waals surface area contributed by atoms with Crippen LogP contribution < -0.4 is 10.2 Å². The molecule has 0 aliphatic carbocycles. The lowest BCUT2D eigenvalue weighted by atomic mass is 10.2. The van der Waals surface area contributed by atoms with Crippen molar-refractivity contribution in [3.05, 3.63) is 54.1 Å². The third kappa shape index (κ3) is 4.02. The molecule has 0 radical (unpaired) electrons. The molecule has 5 rings (SSSR count). The van der Waals surface area contributed by atoms with Gasteiger partial charge in [0, 0.05) is 49.8 Å². The molecule has 5 heterocycles. The molecular formula is C25H30N8O. The van der Waals surface area contributed by atoms with E-state index < -0.39 is 0 Å². The summed E-state index contributed by atoms with van der Waals surface area (Å²) < 4.78 is 3.82. The summed E-state index contributed by atoms with van der Waals surface area (Å²) in [4.78, 5) is 29.0. The van der Waals surface area contributed by atoms with Crippen LogP contribution in [0, 0.1) is 0 Å². The fourth-order valence-electron chi connectivity index (χ4n) is 4.80. The molecular weight excluding hydrogens is 428 g/mol. The van der Waals surface area contributed by atoms with Gasteiger partial charge in [0.05, 0.1) is 17.8 Å². The summed E-state index contributed by atoms with van der Waals surface area (Å²) in [5.41, 5.74) is 3.67. The molecule has 1 saturated heterocycles. The molecule has 1 N–H and O–H groups in total. The van der Waals surface area contributed by atoms with Crippen LogP contribution in [-0.4, -0.2) is 53.8 Å². The molecule has 9 heteroatoms. The zero-order valence-corrected chi connectivity index (χ0v) is 20.1. The average Bonchev–Trinajstić information content (AvgIpc) is 3.51. The first-order valence-corrected chi connectivity index (χ1v) is 11.8. The lowest BCUT2D eigenvalue weighted by Gasteiger charge is -2.27. The normalized spacial score (nSPS) is 18.1. The number of nitrogens with zero attached hydrogens (tertiary/aromatic N) is 7. The van der Waals surface area contributed by atoms with Crippen molar-refractivity contribution in [1.82, 2.24) is 34.6 Å². The fourth-order valence-corrected chi connectivity index (χ4v) is 4.80. The largest absolute Gasteiger partial charge is 0.352 e. The number of rotatable bonds is 6. The van der Waals surface area contributed by atoms with Crippen molar-refractivity contribution in [2.75, 3.05) is 11.4 Å². The van der Waals surface area contributed by atoms with Gasteiger partial charge in [-0.05, 0) is 57.9 Å². The highest BCUT2D eigenvalue weighted by atomic mass is 16.1. The predicted molar refractivity (Wildman–Crippen MR) is 132 cm³/mol. The second-order valence-corrected chi connectivity index (χ2v) is 9.02. The van der Waals surface area contributed by atoms with E-state index in [9.17, 15) is 4.79 Å². The summed E-state index contributed by atoms with van der Waals surface area (Å²) in [6.07, 6.45) is 7.77. The highest BCUT2D eigenvalue weighted by molar-refractivity contribution is 5.96. The molecule has 0 aromatic carbocycles. The molecule has 4 aromatic heterocycles. The van der Waals surface area contributed by atoms with Crippen LogP contribution in [0.25, 0.3) is 22.6 Å². The van der Waals surface area contributed by atoms with Gasteiger partial charge in [0.2, 0.25) is 0 Å². The number of hydrogen-bond donors (Lipinski definition) is 1. The van der Waals surface area contributed by atoms with Crippen molar-refractivity contribution in [1.29, 1.82) is 0 Å². The number of anilines is 1. The van der Waals surface area contributed by atoms with Crippen LogP contribution in [0.2, 0.25) is 0 Å². The molecule has 0 bridgehead atoms. The Morgan fingerprint density at radius 2 is 1.91 bits per heavy atom. The van der Waals surface area contributed by atoms with Crippen LogP contribution in [0.1, 0.15) is 49.7 Å². The van der Waals surface area contributed by atoms with Gasteiger partial charge in [-0.15, -0.1) is 0 Å². The molecule has 0 spiro atoms. The van der Waals surface area contributed by atoms with Gasteiger partial charge in [-0.2, -0.15) is 5.10 Å². The number of nitrogens with one attached hydrogen (secondary N) is 1. The Hall–Kier alpha value is -3.75. The monoisotopic (exact) mass is 458 g/mol. The zero-order valence-electron chi connectivity index (χ0n) is 20.1. The Balaban J connectivity index is 1.56. The number of imidazole rings is 1. The number of pyridine rings is 2. The second-order valence-electron chi connectivity index (χ2n) is 9.02. The predicted octanol–water partition coefficient (Wildman–Crippen LogP) is 3.40. The highest BCUT2D eigenvalue weighted by Crippen LogP contribution is 2.31. The number of fused-ring (bicyclic) bond motifs is 1. The van der Waals surface area contributed by atoms with Gasteiger partial charge in [0.25, 0.3) is 5.91 Å². The van der Waals surface area contributed by atoms with Gasteiger partial charge in [-0.3, -0.25) is 9.48 Å². The Bertz CT molecular complexity index is 1310. The van der Waals surface area contributed by atoms with Gasteiger partial charge in [0.15, 0.2) is 5.65 Å². The van der Waals surface area contributed by atoms with Gasteiger partial charge in [-0.1, -0.05) is 0 Å². The molecule has 34 heavy (non-hydrogen) atoms. The quantitative estimate of drug-likeness (QED) is 0.476. The van der Waals surface area contributed by atoms with Crippen LogP contribution >= 0.6 is 0 Å². The Morgan fingerprint density at radius 1 is 1.12 bits per heavy atom. The van der Waals surface area contributed by atoms with E-state index in [1.807, 2.05) is 37.0 Å². The van der Waals surface area contributed by atoms with E-state index in [1.165, 1.54) is 12.8 Å². The lowest BCUT2D eigenvalue weighted by molar-refractivity contribution is 0.0955. The molecule has 0 unspecified atom stereocenters. The van der Waals surface area contributed by atoms with E-state index in [0.29, 0.717) is 41.9 Å². The van der Waals surface area contributed by atoms with E-state index in [-0.39, 0.29) is 5.91 Å². The Labute approximate surface area is 198 Å². The average molecular weight is 459 g/mol. The fraction of sp³-hybridized carbons (Fsp3) is 0.400. The van der Waals surface area contributed by atoms with Crippen LogP contribution in [0.5, 0.6) is 0 Å². The number of carbonyl (C=O) groups excluding carboxylic acids is 1. The van der Waals surface area contributed by atoms with Crippen molar-refractivity contribution in [3.8, 4) is 11.4 Å². The van der Waals surface area contributed by atoms with Crippen molar-refractivity contribution < 1.29 is 4.79 Å². The molecule has 1 fully saturated rings. The molecule has 9 nitrogen and oxygen atoms in total. The maximum Gasteiger partial charge on any atom is 0.252 e. The topological polar surface area (TPSA) is 93.8 Å². The number of carbonyl (C=O) groups is 1. The first kappa shape index (κ1) is 22.1. The zero-order chi connectivity index (χ0) is 23.8. The highest BCUT2D eigenvalue weighted by Gasteiger charge is 2.28. The first-order chi connectivity index (χ1) is 16.4. The van der Waals surface area contributed by atoms with Gasteiger partial charge >= 0.3 is 0 Å². The number of aryl methyl sites for hydroxylation is 1. The van der Waals surface area contributed by atoms with Crippen LogP contribution in [0.4, 0.5) is 5.82 Å². The maximum atomic E-state index is 12.3. The third-order valence-electron chi connectivity index (χ3n) is 6.50. The summed E-state index contributed by atoms with van der Waals surface area (Å²) in [6, 6.07) is 8.89. The van der Waals surface area contributed by atoms with Crippen LogP contribution in [0.3, 0.4) is 0 Å². The van der Waals surface area contributed by atoms with E-state index >= 15 is 0 Å².